The number of benzene rings is 1. The van der Waals surface area contributed by atoms with Gasteiger partial charge in [0.15, 0.2) is 0 Å². The minimum Gasteiger partial charge on any atom is -0.468 e. The molecule has 3 rings (SSSR count). The zero-order valence-corrected chi connectivity index (χ0v) is 13.3. The van der Waals surface area contributed by atoms with Gasteiger partial charge in [-0.2, -0.15) is 0 Å². The summed E-state index contributed by atoms with van der Waals surface area (Å²) in [5, 5.41) is 2.83. The first-order valence-corrected chi connectivity index (χ1v) is 7.44. The Morgan fingerprint density at radius 3 is 2.50 bits per heavy atom. The van der Waals surface area contributed by atoms with Crippen molar-refractivity contribution in [3.8, 4) is 0 Å². The molecule has 0 spiro atoms. The molecule has 1 N–H and O–H groups in total. The lowest BCUT2D eigenvalue weighted by atomic mass is 9.89. The number of methoxy groups -OCH3 is 2. The largest absolute Gasteiger partial charge is 0.468 e. The van der Waals surface area contributed by atoms with E-state index in [0.29, 0.717) is 5.56 Å². The van der Waals surface area contributed by atoms with Gasteiger partial charge in [-0.15, -0.1) is 0 Å². The molecule has 0 aromatic heterocycles. The summed E-state index contributed by atoms with van der Waals surface area (Å²) in [7, 11) is 2.57. The number of hydrogen-bond donors (Lipinski definition) is 1. The van der Waals surface area contributed by atoms with Crippen molar-refractivity contribution in [3.05, 3.63) is 60.2 Å². The van der Waals surface area contributed by atoms with E-state index in [9.17, 15) is 14.4 Å². The molecule has 0 saturated heterocycles. The first-order valence-electron chi connectivity index (χ1n) is 7.44. The Kier molecular flexibility index (Phi) is 3.75. The summed E-state index contributed by atoms with van der Waals surface area (Å²) in [6, 6.07) is 9.08. The third-order valence-corrected chi connectivity index (χ3v) is 4.72. The van der Waals surface area contributed by atoms with E-state index in [2.05, 4.69) is 10.1 Å². The van der Waals surface area contributed by atoms with Crippen LogP contribution in [0, 0.1) is 5.92 Å². The van der Waals surface area contributed by atoms with Crippen LogP contribution in [0.4, 0.5) is 0 Å². The molecule has 1 fully saturated rings. The van der Waals surface area contributed by atoms with Gasteiger partial charge in [0.2, 0.25) is 5.91 Å². The summed E-state index contributed by atoms with van der Waals surface area (Å²) in [5.74, 6) is -1.72. The van der Waals surface area contributed by atoms with E-state index in [1.165, 1.54) is 32.4 Å². The number of carbonyl (C=O) groups is 3. The SMILES string of the molecule is COC(=O)/C=C/C12NC(=O)C=CC1C2(C(=O)OC)c1ccccc1. The van der Waals surface area contributed by atoms with Crippen LogP contribution in [0.2, 0.25) is 0 Å². The molecule has 24 heavy (non-hydrogen) atoms. The molecular formula is C18H17NO5. The summed E-state index contributed by atoms with van der Waals surface area (Å²) in [5.41, 5.74) is -1.46. The summed E-state index contributed by atoms with van der Waals surface area (Å²) < 4.78 is 9.66. The number of nitrogens with one attached hydrogen (secondary N) is 1. The van der Waals surface area contributed by atoms with Gasteiger partial charge in [-0.3, -0.25) is 9.59 Å². The Hall–Kier alpha value is -2.89. The first kappa shape index (κ1) is 16.0. The van der Waals surface area contributed by atoms with Gasteiger partial charge in [0.25, 0.3) is 0 Å². The second-order valence-electron chi connectivity index (χ2n) is 5.72. The molecule has 1 amide bonds. The highest BCUT2D eigenvalue weighted by Crippen LogP contribution is 2.66. The molecule has 3 unspecified atom stereocenters. The molecule has 1 heterocycles. The lowest BCUT2D eigenvalue weighted by Crippen LogP contribution is -2.45. The zero-order valence-electron chi connectivity index (χ0n) is 13.3. The van der Waals surface area contributed by atoms with Gasteiger partial charge in [0, 0.05) is 12.0 Å². The van der Waals surface area contributed by atoms with Crippen LogP contribution in [-0.2, 0) is 29.3 Å². The quantitative estimate of drug-likeness (QED) is 0.656. The van der Waals surface area contributed by atoms with Gasteiger partial charge < -0.3 is 14.8 Å². The fourth-order valence-electron chi connectivity index (χ4n) is 3.67. The van der Waals surface area contributed by atoms with Crippen molar-refractivity contribution in [2.75, 3.05) is 14.2 Å². The highest BCUT2D eigenvalue weighted by Gasteiger charge is 2.81. The average molecular weight is 327 g/mol. The van der Waals surface area contributed by atoms with Crippen LogP contribution in [0.3, 0.4) is 0 Å². The normalized spacial score (nSPS) is 30.4. The molecule has 3 atom stereocenters. The Morgan fingerprint density at radius 1 is 1.17 bits per heavy atom. The zero-order chi connectivity index (χ0) is 17.4. The number of esters is 2. The highest BCUT2D eigenvalue weighted by atomic mass is 16.5. The lowest BCUT2D eigenvalue weighted by Gasteiger charge is -2.22. The second-order valence-corrected chi connectivity index (χ2v) is 5.72. The van der Waals surface area contributed by atoms with Crippen LogP contribution >= 0.6 is 0 Å². The maximum Gasteiger partial charge on any atom is 0.330 e. The molecule has 1 aliphatic carbocycles. The third kappa shape index (κ3) is 1.99. The van der Waals surface area contributed by atoms with Crippen molar-refractivity contribution >= 4 is 17.8 Å². The fraction of sp³-hybridized carbons (Fsp3) is 0.278. The van der Waals surface area contributed by atoms with E-state index in [1.807, 2.05) is 30.3 Å². The molecule has 0 radical (unpaired) electrons. The number of hydrogen-bond acceptors (Lipinski definition) is 5. The van der Waals surface area contributed by atoms with Crippen LogP contribution in [-0.4, -0.2) is 37.6 Å². The van der Waals surface area contributed by atoms with Crippen LogP contribution in [0.25, 0.3) is 0 Å². The Morgan fingerprint density at radius 2 is 1.88 bits per heavy atom. The van der Waals surface area contributed by atoms with Crippen LogP contribution in [0.5, 0.6) is 0 Å². The summed E-state index contributed by atoms with van der Waals surface area (Å²) in [6.45, 7) is 0. The Labute approximate surface area is 139 Å². The number of ether oxygens (including phenoxy) is 2. The van der Waals surface area contributed by atoms with E-state index < -0.39 is 22.9 Å². The van der Waals surface area contributed by atoms with E-state index in [-0.39, 0.29) is 11.8 Å². The summed E-state index contributed by atoms with van der Waals surface area (Å²) in [4.78, 5) is 36.2. The van der Waals surface area contributed by atoms with Gasteiger partial charge in [-0.05, 0) is 17.7 Å². The van der Waals surface area contributed by atoms with Crippen molar-refractivity contribution < 1.29 is 23.9 Å². The smallest absolute Gasteiger partial charge is 0.330 e. The van der Waals surface area contributed by atoms with Gasteiger partial charge in [0.05, 0.1) is 19.8 Å². The first-order chi connectivity index (χ1) is 11.5. The van der Waals surface area contributed by atoms with Gasteiger partial charge in [0.1, 0.15) is 5.41 Å². The van der Waals surface area contributed by atoms with E-state index >= 15 is 0 Å². The second kappa shape index (κ2) is 5.63. The van der Waals surface area contributed by atoms with E-state index in [4.69, 9.17) is 4.74 Å². The van der Waals surface area contributed by atoms with Gasteiger partial charge >= 0.3 is 11.9 Å². The van der Waals surface area contributed by atoms with Crippen LogP contribution in [0.15, 0.2) is 54.6 Å². The van der Waals surface area contributed by atoms with Crippen molar-refractivity contribution in [1.82, 2.24) is 5.32 Å². The highest BCUT2D eigenvalue weighted by molar-refractivity contribution is 6.00. The maximum absolute atomic E-state index is 12.7. The molecule has 6 heteroatoms. The minimum absolute atomic E-state index is 0.331. The molecule has 6 nitrogen and oxygen atoms in total. The molecule has 1 aliphatic heterocycles. The maximum atomic E-state index is 12.7. The predicted molar refractivity (Wildman–Crippen MR) is 84.8 cm³/mol. The number of fused-ring (bicyclic) bond motifs is 1. The minimum atomic E-state index is -1.11. The third-order valence-electron chi connectivity index (χ3n) is 4.72. The van der Waals surface area contributed by atoms with Crippen molar-refractivity contribution in [3.63, 3.8) is 0 Å². The van der Waals surface area contributed by atoms with Crippen molar-refractivity contribution in [1.29, 1.82) is 0 Å². The number of amides is 1. The van der Waals surface area contributed by atoms with Crippen molar-refractivity contribution in [2.24, 2.45) is 5.92 Å². The Bertz CT molecular complexity index is 754. The number of rotatable bonds is 4. The number of carbonyl (C=O) groups excluding carboxylic acids is 3. The van der Waals surface area contributed by atoms with Gasteiger partial charge in [-0.25, -0.2) is 4.79 Å². The van der Waals surface area contributed by atoms with Crippen LogP contribution < -0.4 is 5.32 Å². The Balaban J connectivity index is 2.17. The van der Waals surface area contributed by atoms with E-state index in [0.717, 1.165) is 0 Å². The van der Waals surface area contributed by atoms with E-state index in [1.54, 1.807) is 6.08 Å². The molecule has 2 aliphatic rings. The lowest BCUT2D eigenvalue weighted by molar-refractivity contribution is -0.144. The fourth-order valence-corrected chi connectivity index (χ4v) is 3.67. The average Bonchev–Trinajstić information content (AvgIpc) is 3.22. The molecule has 0 bridgehead atoms. The predicted octanol–water partition coefficient (Wildman–Crippen LogP) is 0.881. The van der Waals surface area contributed by atoms with Crippen molar-refractivity contribution in [2.45, 2.75) is 11.0 Å². The standard InChI is InChI=1S/C18H17NO5/c1-23-15(21)10-11-17-13(8-9-14(20)19-17)18(17,16(22)24-2)12-6-4-3-5-7-12/h3-11,13H,1-2H3,(H,19,20)/b11-10+. The molecule has 124 valence electrons. The summed E-state index contributed by atoms with van der Waals surface area (Å²) in [6.07, 6.45) is 5.82. The molecular weight excluding hydrogens is 310 g/mol. The monoisotopic (exact) mass is 327 g/mol. The molecule has 1 aromatic rings. The summed E-state index contributed by atoms with van der Waals surface area (Å²) >= 11 is 0. The molecule has 1 saturated carbocycles. The topological polar surface area (TPSA) is 81.7 Å². The van der Waals surface area contributed by atoms with Gasteiger partial charge in [-0.1, -0.05) is 36.4 Å². The van der Waals surface area contributed by atoms with Crippen LogP contribution in [0.1, 0.15) is 5.56 Å². The molecule has 1 aromatic carbocycles.